The molecule has 0 aliphatic carbocycles. The number of hydrogen-bond acceptors (Lipinski definition) is 7. The zero-order valence-corrected chi connectivity index (χ0v) is 15.1. The van der Waals surface area contributed by atoms with Gasteiger partial charge in [0.25, 0.3) is 5.91 Å². The fourth-order valence-corrected chi connectivity index (χ4v) is 2.30. The van der Waals surface area contributed by atoms with Crippen LogP contribution in [0.5, 0.6) is 23.5 Å². The molecule has 8 nitrogen and oxygen atoms in total. The molecule has 0 radical (unpaired) electrons. The predicted octanol–water partition coefficient (Wildman–Crippen LogP) is 2.96. The van der Waals surface area contributed by atoms with Crippen LogP contribution >= 0.6 is 0 Å². The van der Waals surface area contributed by atoms with Crippen molar-refractivity contribution in [3.05, 3.63) is 60.4 Å². The van der Waals surface area contributed by atoms with Gasteiger partial charge in [0.15, 0.2) is 0 Å². The van der Waals surface area contributed by atoms with E-state index < -0.39 is 0 Å². The molecule has 8 heteroatoms. The number of aromatic nitrogens is 3. The average molecular weight is 366 g/mol. The second-order valence-corrected chi connectivity index (χ2v) is 5.44. The number of amides is 1. The van der Waals surface area contributed by atoms with E-state index in [1.54, 1.807) is 49.8 Å². The molecule has 0 bridgehead atoms. The maximum absolute atomic E-state index is 12.7. The molecule has 0 aliphatic heterocycles. The Morgan fingerprint density at radius 2 is 1.74 bits per heavy atom. The lowest BCUT2D eigenvalue weighted by atomic mass is 10.2. The smallest absolute Gasteiger partial charge is 0.328 e. The summed E-state index contributed by atoms with van der Waals surface area (Å²) in [7, 11) is 4.65. The van der Waals surface area contributed by atoms with Crippen molar-refractivity contribution in [3.63, 3.8) is 0 Å². The summed E-state index contributed by atoms with van der Waals surface area (Å²) in [5.41, 5.74) is 1.14. The molecular formula is C19H18N4O4. The molecule has 2 aromatic heterocycles. The minimum Gasteiger partial charge on any atom is -0.481 e. The molecule has 3 aromatic rings. The van der Waals surface area contributed by atoms with E-state index >= 15 is 0 Å². The Balaban J connectivity index is 1.83. The number of ether oxygens (including phenoxy) is 3. The molecule has 0 atom stereocenters. The standard InChI is InChI=1S/C19H18N4O4/c1-23(14-7-5-9-20-12-14)18(24)13-6-4-8-15(10-13)27-19-21-16(25-2)11-17(22-19)26-3/h4-12H,1-3H3. The highest BCUT2D eigenvalue weighted by atomic mass is 16.5. The third kappa shape index (κ3) is 4.30. The summed E-state index contributed by atoms with van der Waals surface area (Å²) in [6, 6.07) is 11.9. The van der Waals surface area contributed by atoms with Crippen molar-refractivity contribution in [3.8, 4) is 23.5 Å². The number of carbonyl (C=O) groups excluding carboxylic acids is 1. The van der Waals surface area contributed by atoms with Crippen molar-refractivity contribution in [2.75, 3.05) is 26.2 Å². The van der Waals surface area contributed by atoms with Crippen LogP contribution in [0.25, 0.3) is 0 Å². The second kappa shape index (κ2) is 8.13. The summed E-state index contributed by atoms with van der Waals surface area (Å²) >= 11 is 0. The Morgan fingerprint density at radius 1 is 1.00 bits per heavy atom. The van der Waals surface area contributed by atoms with Gasteiger partial charge in [0, 0.05) is 18.8 Å². The summed E-state index contributed by atoms with van der Waals surface area (Å²) in [6.07, 6.45) is 3.27. The van der Waals surface area contributed by atoms with Gasteiger partial charge in [-0.1, -0.05) is 6.07 Å². The molecule has 0 spiro atoms. The quantitative estimate of drug-likeness (QED) is 0.663. The fourth-order valence-electron chi connectivity index (χ4n) is 2.30. The lowest BCUT2D eigenvalue weighted by molar-refractivity contribution is 0.0992. The maximum atomic E-state index is 12.7. The lowest BCUT2D eigenvalue weighted by Crippen LogP contribution is -2.26. The van der Waals surface area contributed by atoms with Crippen molar-refractivity contribution in [2.45, 2.75) is 0 Å². The van der Waals surface area contributed by atoms with Crippen molar-refractivity contribution in [1.29, 1.82) is 0 Å². The molecule has 0 saturated heterocycles. The largest absolute Gasteiger partial charge is 0.481 e. The number of carbonyl (C=O) groups is 1. The van der Waals surface area contributed by atoms with E-state index in [1.807, 2.05) is 6.07 Å². The van der Waals surface area contributed by atoms with E-state index in [0.29, 0.717) is 28.8 Å². The molecule has 0 unspecified atom stereocenters. The number of pyridine rings is 1. The molecule has 3 rings (SSSR count). The number of hydrogen-bond donors (Lipinski definition) is 0. The topological polar surface area (TPSA) is 86.7 Å². The van der Waals surface area contributed by atoms with Gasteiger partial charge in [0.1, 0.15) is 5.75 Å². The third-order valence-corrected chi connectivity index (χ3v) is 3.70. The monoisotopic (exact) mass is 366 g/mol. The van der Waals surface area contributed by atoms with E-state index in [2.05, 4.69) is 15.0 Å². The van der Waals surface area contributed by atoms with Gasteiger partial charge in [0.2, 0.25) is 11.8 Å². The van der Waals surface area contributed by atoms with Crippen LogP contribution in [-0.2, 0) is 0 Å². The molecule has 1 amide bonds. The Labute approximate surface area is 156 Å². The summed E-state index contributed by atoms with van der Waals surface area (Å²) in [6.45, 7) is 0. The molecule has 0 aliphatic rings. The van der Waals surface area contributed by atoms with Crippen molar-refractivity contribution in [2.24, 2.45) is 0 Å². The first-order valence-electron chi connectivity index (χ1n) is 8.04. The Hall–Kier alpha value is -3.68. The molecule has 0 saturated carbocycles. The number of methoxy groups -OCH3 is 2. The highest BCUT2D eigenvalue weighted by Crippen LogP contribution is 2.25. The molecule has 1 aromatic carbocycles. The van der Waals surface area contributed by atoms with E-state index in [-0.39, 0.29) is 11.9 Å². The zero-order chi connectivity index (χ0) is 19.2. The van der Waals surface area contributed by atoms with Crippen LogP contribution in [0.15, 0.2) is 54.9 Å². The number of rotatable bonds is 6. The SMILES string of the molecule is COc1cc(OC)nc(Oc2cccc(C(=O)N(C)c3cccnc3)c2)n1. The minimum absolute atomic E-state index is 0.0522. The summed E-state index contributed by atoms with van der Waals surface area (Å²) < 4.78 is 15.9. The van der Waals surface area contributed by atoms with Crippen molar-refractivity contribution in [1.82, 2.24) is 15.0 Å². The first-order valence-corrected chi connectivity index (χ1v) is 8.04. The van der Waals surface area contributed by atoms with Gasteiger partial charge in [-0.2, -0.15) is 9.97 Å². The highest BCUT2D eigenvalue weighted by Gasteiger charge is 2.15. The van der Waals surface area contributed by atoms with Crippen LogP contribution in [0.2, 0.25) is 0 Å². The van der Waals surface area contributed by atoms with E-state index in [1.165, 1.54) is 25.2 Å². The van der Waals surface area contributed by atoms with E-state index in [4.69, 9.17) is 14.2 Å². The summed E-state index contributed by atoms with van der Waals surface area (Å²) in [5, 5.41) is 0. The van der Waals surface area contributed by atoms with Gasteiger partial charge < -0.3 is 19.1 Å². The van der Waals surface area contributed by atoms with Crippen molar-refractivity contribution < 1.29 is 19.0 Å². The first kappa shape index (κ1) is 18.1. The Kier molecular flexibility index (Phi) is 5.46. The van der Waals surface area contributed by atoms with Crippen LogP contribution < -0.4 is 19.1 Å². The van der Waals surface area contributed by atoms with Gasteiger partial charge in [-0.3, -0.25) is 9.78 Å². The molecule has 0 N–H and O–H groups in total. The molecule has 138 valence electrons. The predicted molar refractivity (Wildman–Crippen MR) is 98.6 cm³/mol. The van der Waals surface area contributed by atoms with Crippen LogP contribution in [0.1, 0.15) is 10.4 Å². The van der Waals surface area contributed by atoms with E-state index in [0.717, 1.165) is 0 Å². The average Bonchev–Trinajstić information content (AvgIpc) is 2.73. The lowest BCUT2D eigenvalue weighted by Gasteiger charge is -2.17. The van der Waals surface area contributed by atoms with Crippen LogP contribution in [0.3, 0.4) is 0 Å². The number of nitrogens with zero attached hydrogens (tertiary/aromatic N) is 4. The molecule has 0 fully saturated rings. The van der Waals surface area contributed by atoms with Crippen LogP contribution in [0.4, 0.5) is 5.69 Å². The van der Waals surface area contributed by atoms with E-state index in [9.17, 15) is 4.79 Å². The first-order chi connectivity index (χ1) is 13.1. The normalized spacial score (nSPS) is 10.2. The van der Waals surface area contributed by atoms with Crippen LogP contribution in [-0.4, -0.2) is 42.1 Å². The van der Waals surface area contributed by atoms with Gasteiger partial charge >= 0.3 is 6.01 Å². The number of benzene rings is 1. The molecular weight excluding hydrogens is 348 g/mol. The van der Waals surface area contributed by atoms with Gasteiger partial charge in [0.05, 0.1) is 32.2 Å². The van der Waals surface area contributed by atoms with Gasteiger partial charge in [-0.05, 0) is 30.3 Å². The Morgan fingerprint density at radius 3 is 2.37 bits per heavy atom. The third-order valence-electron chi connectivity index (χ3n) is 3.70. The molecule has 2 heterocycles. The number of anilines is 1. The zero-order valence-electron chi connectivity index (χ0n) is 15.1. The highest BCUT2D eigenvalue weighted by molar-refractivity contribution is 6.05. The summed E-state index contributed by atoms with van der Waals surface area (Å²) in [4.78, 5) is 26.5. The molecule has 27 heavy (non-hydrogen) atoms. The maximum Gasteiger partial charge on any atom is 0.328 e. The van der Waals surface area contributed by atoms with Gasteiger partial charge in [-0.25, -0.2) is 0 Å². The van der Waals surface area contributed by atoms with Crippen LogP contribution in [0, 0.1) is 0 Å². The Bertz CT molecular complexity index is 912. The second-order valence-electron chi connectivity index (χ2n) is 5.44. The minimum atomic E-state index is -0.197. The fraction of sp³-hybridized carbons (Fsp3) is 0.158. The summed E-state index contributed by atoms with van der Waals surface area (Å²) in [5.74, 6) is 0.828. The van der Waals surface area contributed by atoms with Crippen molar-refractivity contribution >= 4 is 11.6 Å². The van der Waals surface area contributed by atoms with Gasteiger partial charge in [-0.15, -0.1) is 0 Å².